The number of aliphatic carboxylic acids is 2. The smallest absolute Gasteiger partial charge is 0.416 e. The zero-order valence-corrected chi connectivity index (χ0v) is 15.9. The number of hydrogen-bond acceptors (Lipinski definition) is 2. The monoisotopic (exact) mass is 414 g/mol. The van der Waals surface area contributed by atoms with Crippen LogP contribution in [0.5, 0.6) is 0 Å². The molecule has 0 aromatic heterocycles. The number of halogens is 4. The van der Waals surface area contributed by atoms with Crippen LogP contribution in [-0.4, -0.2) is 22.2 Å². The van der Waals surface area contributed by atoms with Gasteiger partial charge in [-0.2, -0.15) is 13.2 Å². The highest BCUT2D eigenvalue weighted by Gasteiger charge is 2.57. The highest BCUT2D eigenvalue weighted by Crippen LogP contribution is 2.58. The molecule has 28 heavy (non-hydrogen) atoms. The van der Waals surface area contributed by atoms with Crippen LogP contribution in [0.3, 0.4) is 0 Å². The number of hydrogen-bond donors (Lipinski definition) is 2. The van der Waals surface area contributed by atoms with Gasteiger partial charge in [-0.25, -0.2) is 4.79 Å². The quantitative estimate of drug-likeness (QED) is 0.703. The SMILES string of the molecule is CC1=C(C(=O)O)C(C)C(C(=O)O)(C2CC2)C=C1c1cc(C(F)(F)F)ccc1Cl. The first-order valence-corrected chi connectivity index (χ1v) is 9.06. The topological polar surface area (TPSA) is 74.6 Å². The van der Waals surface area contributed by atoms with Crippen molar-refractivity contribution in [1.82, 2.24) is 0 Å². The van der Waals surface area contributed by atoms with Gasteiger partial charge in [-0.15, -0.1) is 0 Å². The van der Waals surface area contributed by atoms with Gasteiger partial charge in [0.15, 0.2) is 0 Å². The maximum absolute atomic E-state index is 13.2. The Morgan fingerprint density at radius 3 is 2.29 bits per heavy atom. The van der Waals surface area contributed by atoms with Crippen molar-refractivity contribution in [2.24, 2.45) is 17.3 Å². The Bertz CT molecular complexity index is 928. The molecule has 8 heteroatoms. The second-order valence-corrected chi connectivity index (χ2v) is 7.74. The highest BCUT2D eigenvalue weighted by molar-refractivity contribution is 6.32. The van der Waals surface area contributed by atoms with Gasteiger partial charge in [-0.1, -0.05) is 24.6 Å². The van der Waals surface area contributed by atoms with Gasteiger partial charge in [0.25, 0.3) is 0 Å². The molecule has 0 radical (unpaired) electrons. The van der Waals surface area contributed by atoms with Crippen LogP contribution in [0.2, 0.25) is 5.02 Å². The Morgan fingerprint density at radius 2 is 1.82 bits per heavy atom. The van der Waals surface area contributed by atoms with E-state index in [1.54, 1.807) is 6.92 Å². The molecule has 2 aliphatic carbocycles. The molecule has 4 nitrogen and oxygen atoms in total. The fourth-order valence-corrected chi connectivity index (χ4v) is 4.39. The predicted molar refractivity (Wildman–Crippen MR) is 96.7 cm³/mol. The van der Waals surface area contributed by atoms with Crippen LogP contribution in [0.15, 0.2) is 35.4 Å². The van der Waals surface area contributed by atoms with E-state index >= 15 is 0 Å². The summed E-state index contributed by atoms with van der Waals surface area (Å²) in [6, 6.07) is 2.76. The van der Waals surface area contributed by atoms with E-state index in [1.165, 1.54) is 13.0 Å². The van der Waals surface area contributed by atoms with Crippen LogP contribution >= 0.6 is 11.6 Å². The summed E-state index contributed by atoms with van der Waals surface area (Å²) >= 11 is 6.15. The second-order valence-electron chi connectivity index (χ2n) is 7.33. The Hall–Kier alpha value is -2.28. The molecule has 1 fully saturated rings. The van der Waals surface area contributed by atoms with E-state index in [-0.39, 0.29) is 33.2 Å². The molecular weight excluding hydrogens is 397 g/mol. The number of allylic oxidation sites excluding steroid dienone is 2. The molecule has 0 heterocycles. The van der Waals surface area contributed by atoms with E-state index in [9.17, 15) is 33.0 Å². The van der Waals surface area contributed by atoms with Crippen molar-refractivity contribution in [3.8, 4) is 0 Å². The molecule has 150 valence electrons. The third-order valence-corrected chi connectivity index (χ3v) is 6.11. The first-order valence-electron chi connectivity index (χ1n) is 8.69. The Labute approximate surface area is 164 Å². The maximum Gasteiger partial charge on any atom is 0.416 e. The molecule has 2 N–H and O–H groups in total. The summed E-state index contributed by atoms with van der Waals surface area (Å²) in [5.41, 5.74) is -2.23. The summed E-state index contributed by atoms with van der Waals surface area (Å²) in [6.45, 7) is 3.02. The summed E-state index contributed by atoms with van der Waals surface area (Å²) < 4.78 is 39.6. The van der Waals surface area contributed by atoms with Gasteiger partial charge >= 0.3 is 18.1 Å². The zero-order valence-electron chi connectivity index (χ0n) is 15.1. The van der Waals surface area contributed by atoms with Crippen molar-refractivity contribution in [2.75, 3.05) is 0 Å². The van der Waals surface area contributed by atoms with Crippen LogP contribution < -0.4 is 0 Å². The summed E-state index contributed by atoms with van der Waals surface area (Å²) in [5.74, 6) is -3.58. The van der Waals surface area contributed by atoms with E-state index in [0.29, 0.717) is 12.8 Å². The van der Waals surface area contributed by atoms with E-state index in [2.05, 4.69) is 0 Å². The van der Waals surface area contributed by atoms with Crippen molar-refractivity contribution < 1.29 is 33.0 Å². The first-order chi connectivity index (χ1) is 12.9. The molecule has 2 unspecified atom stereocenters. The van der Waals surface area contributed by atoms with Crippen molar-refractivity contribution in [1.29, 1.82) is 0 Å². The third kappa shape index (κ3) is 3.11. The van der Waals surface area contributed by atoms with Crippen molar-refractivity contribution >= 4 is 29.1 Å². The average molecular weight is 415 g/mol. The van der Waals surface area contributed by atoms with Crippen LogP contribution in [-0.2, 0) is 15.8 Å². The lowest BCUT2D eigenvalue weighted by molar-refractivity contribution is -0.150. The fourth-order valence-electron chi connectivity index (χ4n) is 4.17. The van der Waals surface area contributed by atoms with Gasteiger partial charge < -0.3 is 10.2 Å². The van der Waals surface area contributed by atoms with Crippen LogP contribution in [0.25, 0.3) is 5.57 Å². The number of carboxylic acid groups (broad SMARTS) is 2. The van der Waals surface area contributed by atoms with Crippen LogP contribution in [0, 0.1) is 17.3 Å². The van der Waals surface area contributed by atoms with Gasteiger partial charge in [-0.3, -0.25) is 4.79 Å². The lowest BCUT2D eigenvalue weighted by Crippen LogP contribution is -2.42. The highest BCUT2D eigenvalue weighted by atomic mass is 35.5. The average Bonchev–Trinajstić information content (AvgIpc) is 3.40. The van der Waals surface area contributed by atoms with E-state index in [4.69, 9.17) is 11.6 Å². The van der Waals surface area contributed by atoms with Crippen LogP contribution in [0.4, 0.5) is 13.2 Å². The van der Waals surface area contributed by atoms with Crippen molar-refractivity contribution in [3.05, 3.63) is 51.6 Å². The van der Waals surface area contributed by atoms with E-state index in [1.807, 2.05) is 0 Å². The molecular formula is C20H18ClF3O4. The minimum Gasteiger partial charge on any atom is -0.481 e. The molecule has 2 atom stereocenters. The summed E-state index contributed by atoms with van der Waals surface area (Å²) in [5, 5.41) is 19.7. The number of alkyl halides is 3. The molecule has 1 saturated carbocycles. The largest absolute Gasteiger partial charge is 0.481 e. The molecule has 0 bridgehead atoms. The number of carbonyl (C=O) groups is 2. The first kappa shape index (κ1) is 20.5. The van der Waals surface area contributed by atoms with E-state index in [0.717, 1.165) is 18.2 Å². The summed E-state index contributed by atoms with van der Waals surface area (Å²) in [4.78, 5) is 24.2. The van der Waals surface area contributed by atoms with E-state index < -0.39 is 35.0 Å². The molecule has 0 spiro atoms. The summed E-state index contributed by atoms with van der Waals surface area (Å²) in [6.07, 6.45) is -1.97. The summed E-state index contributed by atoms with van der Waals surface area (Å²) in [7, 11) is 0. The molecule has 1 aromatic carbocycles. The number of benzene rings is 1. The Kier molecular flexibility index (Phi) is 4.86. The normalized spacial score (nSPS) is 25.5. The lowest BCUT2D eigenvalue weighted by atomic mass is 9.63. The number of carboxylic acids is 2. The Balaban J connectivity index is 2.32. The van der Waals surface area contributed by atoms with Gasteiger partial charge in [0.1, 0.15) is 0 Å². The fraction of sp³-hybridized carbons (Fsp3) is 0.400. The molecule has 2 aliphatic rings. The van der Waals surface area contributed by atoms with Gasteiger partial charge in [0.2, 0.25) is 0 Å². The molecule has 0 aliphatic heterocycles. The molecule has 0 saturated heterocycles. The maximum atomic E-state index is 13.2. The van der Waals surface area contributed by atoms with Gasteiger partial charge in [0, 0.05) is 22.1 Å². The van der Waals surface area contributed by atoms with Crippen LogP contribution in [0.1, 0.15) is 37.8 Å². The minimum absolute atomic E-state index is 0.00650. The standard InChI is InChI=1S/C20H18ClF3O4/c1-9-14(13-7-12(20(22,23)24)5-6-15(13)21)8-19(18(27)28,11-3-4-11)10(2)16(9)17(25)26/h5-8,10-11H,3-4H2,1-2H3,(H,25,26)(H,27,28). The van der Waals surface area contributed by atoms with Crippen molar-refractivity contribution in [2.45, 2.75) is 32.9 Å². The second kappa shape index (κ2) is 6.65. The third-order valence-electron chi connectivity index (χ3n) is 5.78. The lowest BCUT2D eigenvalue weighted by Gasteiger charge is -2.39. The molecule has 3 rings (SSSR count). The molecule has 1 aromatic rings. The zero-order chi connectivity index (χ0) is 21.0. The minimum atomic E-state index is -4.62. The molecule has 0 amide bonds. The number of rotatable bonds is 4. The van der Waals surface area contributed by atoms with Crippen molar-refractivity contribution in [3.63, 3.8) is 0 Å². The Morgan fingerprint density at radius 1 is 1.21 bits per heavy atom. The predicted octanol–water partition coefficient (Wildman–Crippen LogP) is 5.27. The van der Waals surface area contributed by atoms with Gasteiger partial charge in [-0.05, 0) is 55.0 Å². The van der Waals surface area contributed by atoms with Gasteiger partial charge in [0.05, 0.1) is 11.0 Å².